The minimum absolute atomic E-state index is 0.0111. The highest BCUT2D eigenvalue weighted by Crippen LogP contribution is 2.40. The van der Waals surface area contributed by atoms with E-state index in [0.717, 1.165) is 5.57 Å². The number of carbonyl (C=O) groups is 3. The molecule has 0 spiro atoms. The first kappa shape index (κ1) is 24.9. The summed E-state index contributed by atoms with van der Waals surface area (Å²) in [6.45, 7) is 10.3. The van der Waals surface area contributed by atoms with Crippen molar-refractivity contribution >= 4 is 17.9 Å². The third-order valence-corrected chi connectivity index (χ3v) is 6.71. The Morgan fingerprint density at radius 1 is 1.36 bits per heavy atom. The number of hydrogen-bond acceptors (Lipinski definition) is 8. The van der Waals surface area contributed by atoms with Crippen LogP contribution in [0.1, 0.15) is 47.0 Å². The Hall–Kier alpha value is -2.71. The van der Waals surface area contributed by atoms with E-state index in [4.69, 9.17) is 19.3 Å². The van der Waals surface area contributed by atoms with E-state index in [1.54, 1.807) is 26.8 Å². The smallest absolute Gasteiger partial charge is 0.339 e. The maximum absolute atomic E-state index is 12.9. The van der Waals surface area contributed by atoms with Gasteiger partial charge in [-0.05, 0) is 37.5 Å². The fourth-order valence-electron chi connectivity index (χ4n) is 4.42. The van der Waals surface area contributed by atoms with E-state index in [1.807, 2.05) is 6.08 Å². The molecule has 0 saturated carbocycles. The Labute approximate surface area is 193 Å². The Morgan fingerprint density at radius 3 is 2.70 bits per heavy atom. The van der Waals surface area contributed by atoms with Gasteiger partial charge in [0.05, 0.1) is 12.5 Å². The number of esters is 3. The summed E-state index contributed by atoms with van der Waals surface area (Å²) in [6.07, 6.45) is 3.31. The molecule has 0 aromatic rings. The predicted molar refractivity (Wildman–Crippen MR) is 119 cm³/mol. The van der Waals surface area contributed by atoms with E-state index < -0.39 is 53.7 Å². The van der Waals surface area contributed by atoms with Gasteiger partial charge < -0.3 is 24.4 Å². The number of carbonyl (C=O) groups excluding carboxylic acids is 3. The minimum Gasteiger partial charge on any atom is -0.458 e. The average Bonchev–Trinajstić information content (AvgIpc) is 3.01. The monoisotopic (exact) mass is 460 g/mol. The largest absolute Gasteiger partial charge is 0.458 e. The molecule has 2 bridgehead atoms. The van der Waals surface area contributed by atoms with Crippen molar-refractivity contribution in [2.24, 2.45) is 11.8 Å². The summed E-state index contributed by atoms with van der Waals surface area (Å²) < 4.78 is 17.0. The Morgan fingerprint density at radius 2 is 2.06 bits per heavy atom. The van der Waals surface area contributed by atoms with E-state index in [9.17, 15) is 19.5 Å². The standard InChI is InChI=1S/C25H32O8/c1-13(2)25(30)12-17-6-7-18(33-24(25)29)15(4)10-19-21(16(5)23(28)32-19)20(11-17)31-22(27)14(3)8-9-26/h6,8,10,13,18-21,26,30H,5,7,9,11-12H2,1-4H3/b14-8+,15-10-,17-6-/t18-,19+,20+,21-,25+/m0/s1. The summed E-state index contributed by atoms with van der Waals surface area (Å²) in [5, 5.41) is 20.4. The lowest BCUT2D eigenvalue weighted by molar-refractivity contribution is -0.175. The van der Waals surface area contributed by atoms with E-state index in [-0.39, 0.29) is 30.6 Å². The van der Waals surface area contributed by atoms with E-state index in [2.05, 4.69) is 6.58 Å². The molecule has 8 nitrogen and oxygen atoms in total. The molecule has 5 atom stereocenters. The first-order valence-electron chi connectivity index (χ1n) is 11.2. The van der Waals surface area contributed by atoms with Crippen molar-refractivity contribution in [1.29, 1.82) is 0 Å². The molecular formula is C25H32O8. The number of aliphatic hydroxyl groups excluding tert-OH is 1. The zero-order chi connectivity index (χ0) is 24.5. The second-order valence-corrected chi connectivity index (χ2v) is 9.30. The van der Waals surface area contributed by atoms with Crippen molar-refractivity contribution in [1.82, 2.24) is 0 Å². The number of ether oxygens (including phenoxy) is 3. The molecule has 1 saturated heterocycles. The normalized spacial score (nSPS) is 36.0. The molecule has 33 heavy (non-hydrogen) atoms. The fourth-order valence-corrected chi connectivity index (χ4v) is 4.42. The molecule has 2 N–H and O–H groups in total. The Bertz CT molecular complexity index is 940. The zero-order valence-corrected chi connectivity index (χ0v) is 19.5. The van der Waals surface area contributed by atoms with Crippen LogP contribution in [0.25, 0.3) is 0 Å². The van der Waals surface area contributed by atoms with Gasteiger partial charge in [-0.3, -0.25) is 0 Å². The van der Waals surface area contributed by atoms with Crippen molar-refractivity contribution in [3.63, 3.8) is 0 Å². The lowest BCUT2D eigenvalue weighted by Crippen LogP contribution is -2.48. The molecule has 0 aromatic carbocycles. The third-order valence-electron chi connectivity index (χ3n) is 6.71. The molecule has 3 rings (SSSR count). The van der Waals surface area contributed by atoms with Gasteiger partial charge in [0.15, 0.2) is 5.60 Å². The van der Waals surface area contributed by atoms with E-state index in [1.165, 1.54) is 13.0 Å². The van der Waals surface area contributed by atoms with Crippen LogP contribution in [0.3, 0.4) is 0 Å². The van der Waals surface area contributed by atoms with Crippen LogP contribution in [-0.2, 0) is 28.6 Å². The molecule has 2 aliphatic heterocycles. The highest BCUT2D eigenvalue weighted by Gasteiger charge is 2.48. The SMILES string of the molecule is C=C1C(=O)O[C@@H]2/C=C(/C)[C@@H]3C/C=C(/C[C@@H](OC(=O)/C(C)=C/CO)[C@@H]12)C[C@@](O)(C(C)C)C(=O)O3. The summed E-state index contributed by atoms with van der Waals surface area (Å²) in [4.78, 5) is 38.0. The van der Waals surface area contributed by atoms with Gasteiger partial charge in [-0.2, -0.15) is 0 Å². The van der Waals surface area contributed by atoms with Crippen LogP contribution in [-0.4, -0.2) is 58.6 Å². The van der Waals surface area contributed by atoms with Gasteiger partial charge >= 0.3 is 17.9 Å². The molecule has 0 aromatic heterocycles. The molecule has 180 valence electrons. The summed E-state index contributed by atoms with van der Waals surface area (Å²) in [6, 6.07) is 0. The van der Waals surface area contributed by atoms with Gasteiger partial charge in [-0.15, -0.1) is 0 Å². The van der Waals surface area contributed by atoms with Crippen molar-refractivity contribution in [3.8, 4) is 0 Å². The van der Waals surface area contributed by atoms with Crippen LogP contribution in [0.2, 0.25) is 0 Å². The molecule has 0 radical (unpaired) electrons. The summed E-state index contributed by atoms with van der Waals surface area (Å²) >= 11 is 0. The van der Waals surface area contributed by atoms with Gasteiger partial charge in [0.25, 0.3) is 0 Å². The minimum atomic E-state index is -1.75. The van der Waals surface area contributed by atoms with E-state index >= 15 is 0 Å². The highest BCUT2D eigenvalue weighted by molar-refractivity contribution is 5.92. The maximum Gasteiger partial charge on any atom is 0.339 e. The second kappa shape index (κ2) is 9.65. The fraction of sp³-hybridized carbons (Fsp3) is 0.560. The molecule has 1 fully saturated rings. The second-order valence-electron chi connectivity index (χ2n) is 9.30. The van der Waals surface area contributed by atoms with Crippen LogP contribution in [0, 0.1) is 11.8 Å². The quantitative estimate of drug-likeness (QED) is 0.284. The number of rotatable bonds is 4. The van der Waals surface area contributed by atoms with Crippen LogP contribution in [0.15, 0.2) is 47.1 Å². The van der Waals surface area contributed by atoms with Crippen LogP contribution < -0.4 is 0 Å². The number of hydrogen-bond donors (Lipinski definition) is 2. The molecule has 1 aliphatic carbocycles. The average molecular weight is 461 g/mol. The molecule has 3 aliphatic rings. The maximum atomic E-state index is 12.9. The highest BCUT2D eigenvalue weighted by atomic mass is 16.6. The van der Waals surface area contributed by atoms with Gasteiger partial charge in [0.1, 0.15) is 18.3 Å². The van der Waals surface area contributed by atoms with Gasteiger partial charge in [-0.1, -0.05) is 32.1 Å². The van der Waals surface area contributed by atoms with Crippen LogP contribution in [0.5, 0.6) is 0 Å². The molecule has 2 heterocycles. The lowest BCUT2D eigenvalue weighted by Gasteiger charge is -2.37. The van der Waals surface area contributed by atoms with Gasteiger partial charge in [0, 0.05) is 30.4 Å². The molecule has 0 unspecified atom stereocenters. The van der Waals surface area contributed by atoms with Crippen LogP contribution >= 0.6 is 0 Å². The summed E-state index contributed by atoms with van der Waals surface area (Å²) in [7, 11) is 0. The molecule has 0 amide bonds. The van der Waals surface area contributed by atoms with Gasteiger partial charge in [-0.25, -0.2) is 14.4 Å². The van der Waals surface area contributed by atoms with Crippen molar-refractivity contribution in [2.75, 3.05) is 6.61 Å². The van der Waals surface area contributed by atoms with Crippen LogP contribution in [0.4, 0.5) is 0 Å². The van der Waals surface area contributed by atoms with Crippen molar-refractivity contribution in [3.05, 3.63) is 47.1 Å². The first-order valence-corrected chi connectivity index (χ1v) is 11.2. The summed E-state index contributed by atoms with van der Waals surface area (Å²) in [5.74, 6) is -3.00. The summed E-state index contributed by atoms with van der Waals surface area (Å²) in [5.41, 5.74) is 0.0460. The number of aliphatic hydroxyl groups is 2. The zero-order valence-electron chi connectivity index (χ0n) is 19.5. The van der Waals surface area contributed by atoms with Crippen molar-refractivity contribution in [2.45, 2.75) is 70.9 Å². The molecule has 8 heteroatoms. The number of fused-ring (bicyclic) bond motifs is 3. The predicted octanol–water partition coefficient (Wildman–Crippen LogP) is 2.30. The third kappa shape index (κ3) is 4.96. The van der Waals surface area contributed by atoms with Gasteiger partial charge in [0.2, 0.25) is 0 Å². The lowest BCUT2D eigenvalue weighted by atomic mass is 9.78. The van der Waals surface area contributed by atoms with E-state index in [0.29, 0.717) is 12.0 Å². The first-order chi connectivity index (χ1) is 15.5. The van der Waals surface area contributed by atoms with Crippen molar-refractivity contribution < 1.29 is 38.8 Å². The Balaban J connectivity index is 2.09. The Kier molecular flexibility index (Phi) is 7.29. The molecular weight excluding hydrogens is 428 g/mol. The topological polar surface area (TPSA) is 119 Å².